The number of nitro benzene ring substituents is 1. The van der Waals surface area contributed by atoms with Crippen LogP contribution in [0.4, 0.5) is 5.69 Å². The molecule has 1 aliphatic carbocycles. The van der Waals surface area contributed by atoms with Crippen molar-refractivity contribution in [1.29, 1.82) is 5.26 Å². The van der Waals surface area contributed by atoms with Crippen LogP contribution in [-0.2, 0) is 6.42 Å². The third-order valence-corrected chi connectivity index (χ3v) is 4.37. The van der Waals surface area contributed by atoms with Crippen LogP contribution >= 0.6 is 0 Å². The van der Waals surface area contributed by atoms with E-state index in [-0.39, 0.29) is 16.0 Å². The van der Waals surface area contributed by atoms with Gasteiger partial charge in [0.1, 0.15) is 0 Å². The first-order chi connectivity index (χ1) is 9.54. The Labute approximate surface area is 119 Å². The summed E-state index contributed by atoms with van der Waals surface area (Å²) in [4.78, 5) is 10.2. The zero-order chi connectivity index (χ0) is 14.6. The number of nitro groups is 1. The smallest absolute Gasteiger partial charge is 0.258 e. The largest absolute Gasteiger partial charge is 0.269 e. The minimum Gasteiger partial charge on any atom is -0.258 e. The summed E-state index contributed by atoms with van der Waals surface area (Å²) in [5.41, 5.74) is 0.998. The number of nitriles is 1. The molecule has 0 aromatic heterocycles. The van der Waals surface area contributed by atoms with E-state index in [9.17, 15) is 15.4 Å². The van der Waals surface area contributed by atoms with Gasteiger partial charge in [0.25, 0.3) is 5.69 Å². The summed E-state index contributed by atoms with van der Waals surface area (Å²) in [6.07, 6.45) is 6.00. The summed E-state index contributed by atoms with van der Waals surface area (Å²) in [6.45, 7) is 2.22. The second-order valence-electron chi connectivity index (χ2n) is 6.02. The van der Waals surface area contributed by atoms with Crippen molar-refractivity contribution in [2.45, 2.75) is 45.4 Å². The van der Waals surface area contributed by atoms with Gasteiger partial charge in [-0.15, -0.1) is 0 Å². The van der Waals surface area contributed by atoms with E-state index in [0.29, 0.717) is 5.92 Å². The Morgan fingerprint density at radius 3 is 2.70 bits per heavy atom. The highest BCUT2D eigenvalue weighted by Crippen LogP contribution is 2.42. The Morgan fingerprint density at radius 2 is 2.15 bits per heavy atom. The average Bonchev–Trinajstić information content (AvgIpc) is 2.45. The van der Waals surface area contributed by atoms with Gasteiger partial charge in [-0.2, -0.15) is 5.26 Å². The van der Waals surface area contributed by atoms with Crippen LogP contribution in [0.1, 0.15) is 44.6 Å². The highest BCUT2D eigenvalue weighted by atomic mass is 16.6. The third-order valence-electron chi connectivity index (χ3n) is 4.37. The maximum absolute atomic E-state index is 10.6. The molecule has 106 valence electrons. The van der Waals surface area contributed by atoms with Crippen molar-refractivity contribution >= 4 is 5.69 Å². The molecule has 4 heteroatoms. The molecule has 2 unspecified atom stereocenters. The lowest BCUT2D eigenvalue weighted by Crippen LogP contribution is -2.26. The minimum absolute atomic E-state index is 0.120. The van der Waals surface area contributed by atoms with Gasteiger partial charge >= 0.3 is 0 Å². The summed E-state index contributed by atoms with van der Waals surface area (Å²) in [6, 6.07) is 9.22. The molecule has 0 N–H and O–H groups in total. The van der Waals surface area contributed by atoms with E-state index >= 15 is 0 Å². The SMILES string of the molecule is CC1CCCC(C#N)(CCc2ccc([N+](=O)[O-])cc2)C1. The Balaban J connectivity index is 2.00. The van der Waals surface area contributed by atoms with Gasteiger partial charge in [0.05, 0.1) is 16.4 Å². The molecule has 0 spiro atoms. The van der Waals surface area contributed by atoms with E-state index < -0.39 is 0 Å². The minimum atomic E-state index is -0.386. The fourth-order valence-corrected chi connectivity index (χ4v) is 3.21. The van der Waals surface area contributed by atoms with Crippen LogP contribution < -0.4 is 0 Å². The molecule has 0 aliphatic heterocycles. The van der Waals surface area contributed by atoms with Crippen LogP contribution in [0, 0.1) is 32.8 Å². The lowest BCUT2D eigenvalue weighted by molar-refractivity contribution is -0.384. The number of nitrogens with zero attached hydrogens (tertiary/aromatic N) is 2. The predicted octanol–water partition coefficient (Wildman–Crippen LogP) is 4.25. The highest BCUT2D eigenvalue weighted by Gasteiger charge is 2.34. The number of non-ortho nitro benzene ring substituents is 1. The van der Waals surface area contributed by atoms with Gasteiger partial charge in [-0.1, -0.05) is 31.9 Å². The first-order valence-corrected chi connectivity index (χ1v) is 7.19. The predicted molar refractivity (Wildman–Crippen MR) is 77.1 cm³/mol. The summed E-state index contributed by atoms with van der Waals surface area (Å²) >= 11 is 0. The van der Waals surface area contributed by atoms with Crippen molar-refractivity contribution in [3.8, 4) is 6.07 Å². The van der Waals surface area contributed by atoms with Crippen molar-refractivity contribution in [2.24, 2.45) is 11.3 Å². The van der Waals surface area contributed by atoms with Crippen LogP contribution in [0.25, 0.3) is 0 Å². The molecule has 1 aliphatic rings. The van der Waals surface area contributed by atoms with E-state index in [2.05, 4.69) is 13.0 Å². The topological polar surface area (TPSA) is 66.9 Å². The van der Waals surface area contributed by atoms with Crippen LogP contribution in [0.2, 0.25) is 0 Å². The van der Waals surface area contributed by atoms with Crippen LogP contribution in [0.5, 0.6) is 0 Å². The van der Waals surface area contributed by atoms with Crippen molar-refractivity contribution in [3.05, 3.63) is 39.9 Å². The Morgan fingerprint density at radius 1 is 1.45 bits per heavy atom. The normalized spacial score (nSPS) is 25.9. The van der Waals surface area contributed by atoms with Crippen molar-refractivity contribution in [2.75, 3.05) is 0 Å². The first-order valence-electron chi connectivity index (χ1n) is 7.19. The zero-order valence-electron chi connectivity index (χ0n) is 11.8. The molecule has 20 heavy (non-hydrogen) atoms. The van der Waals surface area contributed by atoms with Gasteiger partial charge in [0.15, 0.2) is 0 Å². The molecule has 1 fully saturated rings. The fourth-order valence-electron chi connectivity index (χ4n) is 3.21. The summed E-state index contributed by atoms with van der Waals surface area (Å²) in [5, 5.41) is 20.1. The second kappa shape index (κ2) is 6.04. The van der Waals surface area contributed by atoms with E-state index in [1.165, 1.54) is 18.6 Å². The summed E-state index contributed by atoms with van der Waals surface area (Å²) in [7, 11) is 0. The number of hydrogen-bond acceptors (Lipinski definition) is 3. The van der Waals surface area contributed by atoms with Crippen LogP contribution in [-0.4, -0.2) is 4.92 Å². The maximum atomic E-state index is 10.6. The van der Waals surface area contributed by atoms with Gasteiger partial charge in [-0.25, -0.2) is 0 Å². The molecule has 0 heterocycles. The number of rotatable bonds is 4. The van der Waals surface area contributed by atoms with E-state index in [4.69, 9.17) is 0 Å². The van der Waals surface area contributed by atoms with E-state index in [0.717, 1.165) is 37.7 Å². The van der Waals surface area contributed by atoms with Crippen LogP contribution in [0.15, 0.2) is 24.3 Å². The fraction of sp³-hybridized carbons (Fsp3) is 0.562. The lowest BCUT2D eigenvalue weighted by Gasteiger charge is -2.34. The summed E-state index contributed by atoms with van der Waals surface area (Å²) in [5.74, 6) is 0.625. The molecule has 4 nitrogen and oxygen atoms in total. The maximum Gasteiger partial charge on any atom is 0.269 e. The molecule has 2 rings (SSSR count). The Bertz CT molecular complexity index is 518. The van der Waals surface area contributed by atoms with Gasteiger partial charge in [-0.05, 0) is 37.2 Å². The van der Waals surface area contributed by atoms with Gasteiger partial charge < -0.3 is 0 Å². The quantitative estimate of drug-likeness (QED) is 0.608. The first kappa shape index (κ1) is 14.5. The molecule has 1 aromatic carbocycles. The number of hydrogen-bond donors (Lipinski definition) is 0. The molecule has 0 amide bonds. The monoisotopic (exact) mass is 272 g/mol. The van der Waals surface area contributed by atoms with Crippen molar-refractivity contribution in [1.82, 2.24) is 0 Å². The van der Waals surface area contributed by atoms with Gasteiger partial charge in [-0.3, -0.25) is 10.1 Å². The molecule has 0 radical (unpaired) electrons. The van der Waals surface area contributed by atoms with Gasteiger partial charge in [0, 0.05) is 12.1 Å². The standard InChI is InChI=1S/C16H20N2O2/c1-13-3-2-9-16(11-13,12-17)10-8-14-4-6-15(7-5-14)18(19)20/h4-7,13H,2-3,8-11H2,1H3. The third kappa shape index (κ3) is 3.36. The van der Waals surface area contributed by atoms with Crippen LogP contribution in [0.3, 0.4) is 0 Å². The Kier molecular flexibility index (Phi) is 4.39. The zero-order valence-corrected chi connectivity index (χ0v) is 11.8. The molecule has 2 atom stereocenters. The molecule has 0 saturated heterocycles. The average molecular weight is 272 g/mol. The molecule has 0 bridgehead atoms. The van der Waals surface area contributed by atoms with E-state index in [1.807, 2.05) is 0 Å². The molecular formula is C16H20N2O2. The second-order valence-corrected chi connectivity index (χ2v) is 6.02. The van der Waals surface area contributed by atoms with Gasteiger partial charge in [0.2, 0.25) is 0 Å². The number of aryl methyl sites for hydroxylation is 1. The Hall–Kier alpha value is -1.89. The molecule has 1 saturated carbocycles. The highest BCUT2D eigenvalue weighted by molar-refractivity contribution is 5.33. The van der Waals surface area contributed by atoms with Crippen molar-refractivity contribution < 1.29 is 4.92 Å². The molecular weight excluding hydrogens is 252 g/mol. The lowest BCUT2D eigenvalue weighted by atomic mass is 9.68. The van der Waals surface area contributed by atoms with Crippen molar-refractivity contribution in [3.63, 3.8) is 0 Å². The number of benzene rings is 1. The summed E-state index contributed by atoms with van der Waals surface area (Å²) < 4.78 is 0. The molecule has 1 aromatic rings. The van der Waals surface area contributed by atoms with E-state index in [1.54, 1.807) is 12.1 Å².